The summed E-state index contributed by atoms with van der Waals surface area (Å²) in [6.07, 6.45) is 8.07. The second-order valence-corrected chi connectivity index (χ2v) is 9.68. The fourth-order valence-corrected chi connectivity index (χ4v) is 6.78. The summed E-state index contributed by atoms with van der Waals surface area (Å²) in [6, 6.07) is 0.290. The molecule has 1 atom stereocenters. The number of ether oxygens (including phenoxy) is 1. The number of carbonyl (C=O) groups excluding carboxylic acids is 2. The van der Waals surface area contributed by atoms with Crippen molar-refractivity contribution in [2.24, 2.45) is 23.2 Å². The van der Waals surface area contributed by atoms with Gasteiger partial charge in [-0.05, 0) is 75.5 Å². The lowest BCUT2D eigenvalue weighted by atomic mass is 9.48. The maximum atomic E-state index is 12.7. The molecule has 2 amide bonds. The van der Waals surface area contributed by atoms with E-state index in [9.17, 15) is 9.59 Å². The quantitative estimate of drug-likeness (QED) is 0.752. The summed E-state index contributed by atoms with van der Waals surface area (Å²) in [5.41, 5.74) is 0.363. The zero-order valence-corrected chi connectivity index (χ0v) is 17.0. The first-order valence-corrected chi connectivity index (χ1v) is 11.0. The van der Waals surface area contributed by atoms with E-state index in [2.05, 4.69) is 12.2 Å². The van der Waals surface area contributed by atoms with E-state index >= 15 is 0 Å². The predicted molar refractivity (Wildman–Crippen MR) is 102 cm³/mol. The summed E-state index contributed by atoms with van der Waals surface area (Å²) in [7, 11) is 0. The molecule has 5 fully saturated rings. The van der Waals surface area contributed by atoms with E-state index < -0.39 is 0 Å². The third kappa shape index (κ3) is 3.96. The molecule has 4 aliphatic carbocycles. The third-order valence-corrected chi connectivity index (χ3v) is 7.79. The molecule has 152 valence electrons. The van der Waals surface area contributed by atoms with Crippen molar-refractivity contribution < 1.29 is 19.2 Å². The number of quaternary nitrogens is 1. The molecule has 27 heavy (non-hydrogen) atoms. The number of nitrogens with one attached hydrogen (secondary N) is 2. The molecule has 4 bridgehead atoms. The lowest BCUT2D eigenvalue weighted by Gasteiger charge is -2.59. The van der Waals surface area contributed by atoms with Crippen molar-refractivity contribution in [3.05, 3.63) is 0 Å². The second kappa shape index (κ2) is 7.61. The predicted octanol–water partition coefficient (Wildman–Crippen LogP) is 1.06. The number of piperazine rings is 1. The highest BCUT2D eigenvalue weighted by Gasteiger charge is 2.53. The fraction of sp³-hybridized carbons (Fsp3) is 0.905. The Balaban J connectivity index is 1.25. The minimum Gasteiger partial charge on any atom is -0.450 e. The van der Waals surface area contributed by atoms with Crippen LogP contribution in [0.1, 0.15) is 52.4 Å². The molecule has 0 spiro atoms. The van der Waals surface area contributed by atoms with E-state index in [0.717, 1.165) is 30.8 Å². The van der Waals surface area contributed by atoms with E-state index in [0.29, 0.717) is 37.7 Å². The number of carbonyl (C=O) groups is 2. The second-order valence-electron chi connectivity index (χ2n) is 9.68. The van der Waals surface area contributed by atoms with Gasteiger partial charge in [0, 0.05) is 6.04 Å². The number of rotatable bonds is 5. The zero-order chi connectivity index (χ0) is 19.0. The molecule has 6 nitrogen and oxygen atoms in total. The van der Waals surface area contributed by atoms with Crippen LogP contribution in [0.3, 0.4) is 0 Å². The minimum atomic E-state index is -0.226. The Labute approximate surface area is 163 Å². The number of nitrogens with zero attached hydrogens (tertiary/aromatic N) is 1. The van der Waals surface area contributed by atoms with E-state index in [4.69, 9.17) is 4.74 Å². The molecular weight excluding hydrogens is 342 g/mol. The van der Waals surface area contributed by atoms with Crippen molar-refractivity contribution in [3.8, 4) is 0 Å². The topological polar surface area (TPSA) is 63.1 Å². The molecule has 0 aromatic carbocycles. The molecule has 0 unspecified atom stereocenters. The van der Waals surface area contributed by atoms with Gasteiger partial charge in [-0.2, -0.15) is 0 Å². The van der Waals surface area contributed by atoms with Gasteiger partial charge in [-0.25, -0.2) is 4.79 Å². The highest BCUT2D eigenvalue weighted by atomic mass is 16.6. The maximum Gasteiger partial charge on any atom is 0.410 e. The van der Waals surface area contributed by atoms with Crippen molar-refractivity contribution in [2.45, 2.75) is 58.4 Å². The van der Waals surface area contributed by atoms with Gasteiger partial charge in [-0.1, -0.05) is 0 Å². The number of hydrogen-bond donors (Lipinski definition) is 2. The SMILES string of the molecule is CCOC(=O)N1CC[NH+](CC(=O)N[C@H](C)C23CC4CC(CC(C4)C2)C3)CC1. The monoisotopic (exact) mass is 378 g/mol. The molecule has 1 saturated heterocycles. The van der Waals surface area contributed by atoms with Gasteiger partial charge in [0.15, 0.2) is 6.54 Å². The molecule has 5 aliphatic rings. The van der Waals surface area contributed by atoms with Gasteiger partial charge in [-0.15, -0.1) is 0 Å². The van der Waals surface area contributed by atoms with Crippen LogP contribution in [0.25, 0.3) is 0 Å². The van der Waals surface area contributed by atoms with Gasteiger partial charge >= 0.3 is 6.09 Å². The van der Waals surface area contributed by atoms with Crippen molar-refractivity contribution in [1.29, 1.82) is 0 Å². The van der Waals surface area contributed by atoms with Crippen molar-refractivity contribution in [1.82, 2.24) is 10.2 Å². The summed E-state index contributed by atoms with van der Waals surface area (Å²) in [6.45, 7) is 7.99. The molecule has 6 heteroatoms. The van der Waals surface area contributed by atoms with Crippen LogP contribution in [-0.2, 0) is 9.53 Å². The Hall–Kier alpha value is -1.30. The van der Waals surface area contributed by atoms with Gasteiger partial charge in [0.1, 0.15) is 0 Å². The molecule has 0 aromatic heterocycles. The fourth-order valence-electron chi connectivity index (χ4n) is 6.78. The molecule has 1 heterocycles. The van der Waals surface area contributed by atoms with Crippen molar-refractivity contribution >= 4 is 12.0 Å². The zero-order valence-electron chi connectivity index (χ0n) is 17.0. The van der Waals surface area contributed by atoms with Crippen LogP contribution in [-0.4, -0.2) is 62.3 Å². The molecule has 2 N–H and O–H groups in total. The molecular formula is C21H36N3O3+. The standard InChI is InChI=1S/C21H35N3O3/c1-3-27-20(26)24-6-4-23(5-7-24)14-19(25)22-15(2)21-11-16-8-17(12-21)10-18(9-16)13-21/h15-18H,3-14H2,1-2H3,(H,22,25)/p+1/t15-,16?,17?,18?,21?/m1/s1. The highest BCUT2D eigenvalue weighted by Crippen LogP contribution is 2.61. The van der Waals surface area contributed by atoms with Gasteiger partial charge in [0.05, 0.1) is 32.8 Å². The van der Waals surface area contributed by atoms with Crippen molar-refractivity contribution in [3.63, 3.8) is 0 Å². The van der Waals surface area contributed by atoms with E-state index in [-0.39, 0.29) is 12.0 Å². The maximum absolute atomic E-state index is 12.7. The molecule has 0 aromatic rings. The molecule has 0 radical (unpaired) electrons. The Kier molecular flexibility index (Phi) is 5.36. The first-order chi connectivity index (χ1) is 13.0. The van der Waals surface area contributed by atoms with Crippen LogP contribution < -0.4 is 10.2 Å². The Morgan fingerprint density at radius 1 is 1.11 bits per heavy atom. The summed E-state index contributed by atoms with van der Waals surface area (Å²) in [4.78, 5) is 27.5. The van der Waals surface area contributed by atoms with Crippen LogP contribution in [0.2, 0.25) is 0 Å². The molecule has 4 saturated carbocycles. The summed E-state index contributed by atoms with van der Waals surface area (Å²) in [5.74, 6) is 2.92. The Bertz CT molecular complexity index is 536. The van der Waals surface area contributed by atoms with E-state index in [1.807, 2.05) is 6.92 Å². The summed E-state index contributed by atoms with van der Waals surface area (Å²) in [5, 5.41) is 3.37. The third-order valence-electron chi connectivity index (χ3n) is 7.79. The first kappa shape index (κ1) is 19.0. The summed E-state index contributed by atoms with van der Waals surface area (Å²) >= 11 is 0. The number of amides is 2. The van der Waals surface area contributed by atoms with Crippen LogP contribution >= 0.6 is 0 Å². The van der Waals surface area contributed by atoms with Gasteiger partial charge in [-0.3, -0.25) is 9.69 Å². The van der Waals surface area contributed by atoms with Crippen LogP contribution in [0.15, 0.2) is 0 Å². The lowest BCUT2D eigenvalue weighted by Crippen LogP contribution is -3.16. The normalized spacial score (nSPS) is 36.5. The highest BCUT2D eigenvalue weighted by molar-refractivity contribution is 5.77. The van der Waals surface area contributed by atoms with Crippen LogP contribution in [0, 0.1) is 23.2 Å². The number of hydrogen-bond acceptors (Lipinski definition) is 3. The van der Waals surface area contributed by atoms with E-state index in [1.54, 1.807) is 4.90 Å². The average Bonchev–Trinajstić information content (AvgIpc) is 2.61. The van der Waals surface area contributed by atoms with Crippen LogP contribution in [0.4, 0.5) is 4.79 Å². The average molecular weight is 379 g/mol. The van der Waals surface area contributed by atoms with Crippen LogP contribution in [0.5, 0.6) is 0 Å². The largest absolute Gasteiger partial charge is 0.450 e. The minimum absolute atomic E-state index is 0.179. The molecule has 1 aliphatic heterocycles. The Morgan fingerprint density at radius 2 is 1.67 bits per heavy atom. The lowest BCUT2D eigenvalue weighted by molar-refractivity contribution is -0.896. The Morgan fingerprint density at radius 3 is 2.19 bits per heavy atom. The summed E-state index contributed by atoms with van der Waals surface area (Å²) < 4.78 is 5.07. The van der Waals surface area contributed by atoms with Gasteiger partial charge in [0.2, 0.25) is 0 Å². The molecule has 5 rings (SSSR count). The van der Waals surface area contributed by atoms with Gasteiger partial charge in [0.25, 0.3) is 5.91 Å². The van der Waals surface area contributed by atoms with Gasteiger partial charge < -0.3 is 15.0 Å². The van der Waals surface area contributed by atoms with Crippen molar-refractivity contribution in [2.75, 3.05) is 39.3 Å². The van der Waals surface area contributed by atoms with E-state index in [1.165, 1.54) is 43.4 Å². The smallest absolute Gasteiger partial charge is 0.410 e. The first-order valence-electron chi connectivity index (χ1n) is 11.0.